The molecule has 0 amide bonds. The molecule has 0 aromatic rings. The van der Waals surface area contributed by atoms with Crippen LogP contribution in [-0.4, -0.2) is 30.3 Å². The van der Waals surface area contributed by atoms with Crippen molar-refractivity contribution in [2.45, 2.75) is 72.1 Å². The molecule has 0 aliphatic heterocycles. The third kappa shape index (κ3) is 10.3. The Balaban J connectivity index is 3.88. The van der Waals surface area contributed by atoms with E-state index >= 15 is 0 Å². The van der Waals surface area contributed by atoms with Gasteiger partial charge in [0.05, 0.1) is 0 Å². The van der Waals surface area contributed by atoms with Gasteiger partial charge in [-0.2, -0.15) is 12.6 Å². The van der Waals surface area contributed by atoms with E-state index in [1.807, 2.05) is 0 Å². The van der Waals surface area contributed by atoms with Crippen LogP contribution in [-0.2, 0) is 0 Å². The van der Waals surface area contributed by atoms with Gasteiger partial charge in [-0.1, -0.05) is 46.5 Å². The lowest BCUT2D eigenvalue weighted by molar-refractivity contribution is 0.245. The van der Waals surface area contributed by atoms with Crippen molar-refractivity contribution in [2.75, 3.05) is 25.4 Å². The molecule has 0 saturated carbocycles. The first kappa shape index (κ1) is 18.3. The number of hydrogen-bond acceptors (Lipinski definition) is 2. The number of nitrogens with zero attached hydrogens (tertiary/aromatic N) is 1. The van der Waals surface area contributed by atoms with Crippen molar-refractivity contribution in [3.05, 3.63) is 0 Å². The highest BCUT2D eigenvalue weighted by Gasteiger charge is 2.10. The van der Waals surface area contributed by atoms with Gasteiger partial charge in [0.1, 0.15) is 0 Å². The van der Waals surface area contributed by atoms with Gasteiger partial charge in [-0.05, 0) is 57.0 Å². The third-order valence-electron chi connectivity index (χ3n) is 3.73. The molecule has 0 saturated heterocycles. The van der Waals surface area contributed by atoms with Gasteiger partial charge in [0, 0.05) is 0 Å². The maximum absolute atomic E-state index is 4.51. The fourth-order valence-electron chi connectivity index (χ4n) is 2.28. The topological polar surface area (TPSA) is 3.24 Å². The van der Waals surface area contributed by atoms with E-state index < -0.39 is 0 Å². The van der Waals surface area contributed by atoms with Crippen LogP contribution in [0.15, 0.2) is 0 Å². The molecule has 0 bridgehead atoms. The molecule has 0 aliphatic carbocycles. The molecule has 1 unspecified atom stereocenters. The van der Waals surface area contributed by atoms with Gasteiger partial charge < -0.3 is 4.90 Å². The first-order chi connectivity index (χ1) is 8.78. The van der Waals surface area contributed by atoms with Gasteiger partial charge in [-0.25, -0.2) is 0 Å². The van der Waals surface area contributed by atoms with E-state index in [2.05, 4.69) is 38.3 Å². The molecule has 18 heavy (non-hydrogen) atoms. The van der Waals surface area contributed by atoms with Crippen LogP contribution in [0, 0.1) is 5.92 Å². The molecule has 0 aromatic heterocycles. The van der Waals surface area contributed by atoms with Gasteiger partial charge in [-0.3, -0.25) is 0 Å². The Kier molecular flexibility index (Phi) is 14.0. The standard InChI is InChI=1S/C16H35NS/c1-4-7-10-16(15-18)11-14-17(12-8-5-2)13-9-6-3/h16,18H,4-15H2,1-3H3. The quantitative estimate of drug-likeness (QED) is 0.461. The summed E-state index contributed by atoms with van der Waals surface area (Å²) >= 11 is 4.51. The molecule has 0 spiro atoms. The van der Waals surface area contributed by atoms with Crippen molar-refractivity contribution in [3.63, 3.8) is 0 Å². The predicted molar refractivity (Wildman–Crippen MR) is 87.7 cm³/mol. The number of hydrogen-bond donors (Lipinski definition) is 1. The van der Waals surface area contributed by atoms with Crippen LogP contribution in [0.4, 0.5) is 0 Å². The fourth-order valence-corrected chi connectivity index (χ4v) is 2.65. The highest BCUT2D eigenvalue weighted by molar-refractivity contribution is 7.80. The molecule has 0 radical (unpaired) electrons. The summed E-state index contributed by atoms with van der Waals surface area (Å²) in [7, 11) is 0. The second kappa shape index (κ2) is 13.7. The van der Waals surface area contributed by atoms with Gasteiger partial charge >= 0.3 is 0 Å². The summed E-state index contributed by atoms with van der Waals surface area (Å²) in [5.41, 5.74) is 0. The van der Waals surface area contributed by atoms with Gasteiger partial charge in [-0.15, -0.1) is 0 Å². The third-order valence-corrected chi connectivity index (χ3v) is 4.25. The van der Waals surface area contributed by atoms with E-state index in [-0.39, 0.29) is 0 Å². The number of thiol groups is 1. The Morgan fingerprint density at radius 3 is 1.78 bits per heavy atom. The van der Waals surface area contributed by atoms with Crippen LogP contribution in [0.5, 0.6) is 0 Å². The molecular weight excluding hydrogens is 238 g/mol. The molecule has 0 N–H and O–H groups in total. The number of unbranched alkanes of at least 4 members (excludes halogenated alkanes) is 3. The van der Waals surface area contributed by atoms with E-state index in [0.717, 1.165) is 11.7 Å². The van der Waals surface area contributed by atoms with E-state index in [1.165, 1.54) is 71.0 Å². The first-order valence-electron chi connectivity index (χ1n) is 8.11. The van der Waals surface area contributed by atoms with Crippen molar-refractivity contribution < 1.29 is 0 Å². The highest BCUT2D eigenvalue weighted by Crippen LogP contribution is 2.15. The summed E-state index contributed by atoms with van der Waals surface area (Å²) in [5, 5.41) is 0. The van der Waals surface area contributed by atoms with E-state index in [0.29, 0.717) is 0 Å². The Morgan fingerprint density at radius 2 is 1.33 bits per heavy atom. The minimum Gasteiger partial charge on any atom is -0.303 e. The zero-order valence-corrected chi connectivity index (χ0v) is 13.9. The lowest BCUT2D eigenvalue weighted by atomic mass is 10.00. The lowest BCUT2D eigenvalue weighted by Gasteiger charge is -2.24. The van der Waals surface area contributed by atoms with Gasteiger partial charge in [0.2, 0.25) is 0 Å². The Bertz CT molecular complexity index is 153. The Morgan fingerprint density at radius 1 is 0.778 bits per heavy atom. The second-order valence-corrected chi connectivity index (χ2v) is 5.89. The summed E-state index contributed by atoms with van der Waals surface area (Å²) in [6, 6.07) is 0. The molecule has 1 nitrogen and oxygen atoms in total. The first-order valence-corrected chi connectivity index (χ1v) is 8.74. The Labute approximate surface area is 121 Å². The molecule has 0 fully saturated rings. The zero-order chi connectivity index (χ0) is 13.6. The minimum absolute atomic E-state index is 0.832. The van der Waals surface area contributed by atoms with Gasteiger partial charge in [0.15, 0.2) is 0 Å². The molecule has 110 valence electrons. The van der Waals surface area contributed by atoms with Crippen LogP contribution >= 0.6 is 12.6 Å². The van der Waals surface area contributed by atoms with Gasteiger partial charge in [0.25, 0.3) is 0 Å². The van der Waals surface area contributed by atoms with Crippen molar-refractivity contribution in [3.8, 4) is 0 Å². The number of rotatable bonds is 13. The molecular formula is C16H35NS. The van der Waals surface area contributed by atoms with Crippen molar-refractivity contribution in [1.29, 1.82) is 0 Å². The van der Waals surface area contributed by atoms with Crippen LogP contribution in [0.25, 0.3) is 0 Å². The monoisotopic (exact) mass is 273 g/mol. The molecule has 0 aliphatic rings. The van der Waals surface area contributed by atoms with Crippen molar-refractivity contribution >= 4 is 12.6 Å². The van der Waals surface area contributed by atoms with Crippen LogP contribution in [0.2, 0.25) is 0 Å². The van der Waals surface area contributed by atoms with E-state index in [9.17, 15) is 0 Å². The van der Waals surface area contributed by atoms with Crippen LogP contribution < -0.4 is 0 Å². The van der Waals surface area contributed by atoms with Crippen LogP contribution in [0.3, 0.4) is 0 Å². The molecule has 1 atom stereocenters. The summed E-state index contributed by atoms with van der Waals surface area (Å²) in [4.78, 5) is 2.68. The summed E-state index contributed by atoms with van der Waals surface area (Å²) in [6.45, 7) is 10.7. The smallest absolute Gasteiger partial charge is 0.00158 e. The molecule has 0 rings (SSSR count). The minimum atomic E-state index is 0.832. The van der Waals surface area contributed by atoms with E-state index in [1.54, 1.807) is 0 Å². The average molecular weight is 274 g/mol. The Hall–Kier alpha value is 0.310. The van der Waals surface area contributed by atoms with E-state index in [4.69, 9.17) is 0 Å². The van der Waals surface area contributed by atoms with Crippen LogP contribution in [0.1, 0.15) is 72.1 Å². The SMILES string of the molecule is CCCCC(CS)CCN(CCCC)CCCC. The predicted octanol–water partition coefficient (Wildman–Crippen LogP) is 5.01. The molecule has 0 heterocycles. The highest BCUT2D eigenvalue weighted by atomic mass is 32.1. The summed E-state index contributed by atoms with van der Waals surface area (Å²) < 4.78 is 0. The summed E-state index contributed by atoms with van der Waals surface area (Å²) in [6.07, 6.45) is 10.7. The second-order valence-electron chi connectivity index (χ2n) is 5.53. The molecule has 2 heteroatoms. The molecule has 0 aromatic carbocycles. The van der Waals surface area contributed by atoms with Crippen molar-refractivity contribution in [2.24, 2.45) is 5.92 Å². The summed E-state index contributed by atoms with van der Waals surface area (Å²) in [5.74, 6) is 1.90. The largest absolute Gasteiger partial charge is 0.303 e. The maximum Gasteiger partial charge on any atom is -0.00158 e. The normalized spacial score (nSPS) is 13.2. The van der Waals surface area contributed by atoms with Crippen molar-refractivity contribution in [1.82, 2.24) is 4.90 Å². The fraction of sp³-hybridized carbons (Fsp3) is 1.00. The lowest BCUT2D eigenvalue weighted by Crippen LogP contribution is -2.28. The average Bonchev–Trinajstić information content (AvgIpc) is 2.41. The maximum atomic E-state index is 4.51. The zero-order valence-electron chi connectivity index (χ0n) is 13.0.